The van der Waals surface area contributed by atoms with E-state index in [1.54, 1.807) is 27.0 Å². The average molecular weight is 314 g/mol. The Labute approximate surface area is 125 Å². The summed E-state index contributed by atoms with van der Waals surface area (Å²) in [5.74, 6) is -0.319. The van der Waals surface area contributed by atoms with Gasteiger partial charge in [0.15, 0.2) is 0 Å². The SMILES string of the molecule is COCCC(C)NC(=O)c1cc(S(N)(=O)=O)c(C)cc1C. The number of benzene rings is 1. The predicted molar refractivity (Wildman–Crippen MR) is 80.7 cm³/mol. The molecule has 0 saturated heterocycles. The molecule has 1 unspecified atom stereocenters. The Hall–Kier alpha value is -1.44. The molecule has 1 aromatic rings. The molecule has 6 nitrogen and oxygen atoms in total. The van der Waals surface area contributed by atoms with E-state index in [1.165, 1.54) is 6.07 Å². The third-order valence-electron chi connectivity index (χ3n) is 3.21. The minimum atomic E-state index is -3.85. The topological polar surface area (TPSA) is 98.5 Å². The molecule has 0 aromatic heterocycles. The van der Waals surface area contributed by atoms with E-state index in [1.807, 2.05) is 6.92 Å². The lowest BCUT2D eigenvalue weighted by Gasteiger charge is -2.16. The summed E-state index contributed by atoms with van der Waals surface area (Å²) in [4.78, 5) is 12.2. The lowest BCUT2D eigenvalue weighted by Crippen LogP contribution is -2.34. The van der Waals surface area contributed by atoms with Gasteiger partial charge in [0.1, 0.15) is 0 Å². The van der Waals surface area contributed by atoms with Crippen LogP contribution < -0.4 is 10.5 Å². The van der Waals surface area contributed by atoms with Crippen LogP contribution in [0.2, 0.25) is 0 Å². The number of aryl methyl sites for hydroxylation is 2. The summed E-state index contributed by atoms with van der Waals surface area (Å²) in [5, 5.41) is 7.98. The molecule has 7 heteroatoms. The molecule has 118 valence electrons. The largest absolute Gasteiger partial charge is 0.385 e. The first-order valence-corrected chi connectivity index (χ1v) is 8.15. The van der Waals surface area contributed by atoms with Crippen LogP contribution in [-0.4, -0.2) is 34.1 Å². The number of sulfonamides is 1. The molecule has 1 rings (SSSR count). The molecule has 0 fully saturated rings. The van der Waals surface area contributed by atoms with Crippen molar-refractivity contribution in [2.45, 2.75) is 38.1 Å². The highest BCUT2D eigenvalue weighted by Gasteiger charge is 2.18. The van der Waals surface area contributed by atoms with Crippen molar-refractivity contribution in [1.29, 1.82) is 0 Å². The third-order valence-corrected chi connectivity index (χ3v) is 4.26. The van der Waals surface area contributed by atoms with Crippen LogP contribution in [-0.2, 0) is 14.8 Å². The molecule has 1 aromatic carbocycles. The summed E-state index contributed by atoms with van der Waals surface area (Å²) in [6, 6.07) is 2.91. The van der Waals surface area contributed by atoms with Gasteiger partial charge in [-0.2, -0.15) is 0 Å². The molecule has 0 aliphatic carbocycles. The molecule has 0 saturated carbocycles. The van der Waals surface area contributed by atoms with E-state index in [0.29, 0.717) is 29.7 Å². The van der Waals surface area contributed by atoms with Crippen LogP contribution in [0.4, 0.5) is 0 Å². The maximum atomic E-state index is 12.2. The van der Waals surface area contributed by atoms with Gasteiger partial charge in [-0.1, -0.05) is 6.07 Å². The molecule has 1 atom stereocenters. The van der Waals surface area contributed by atoms with Crippen LogP contribution >= 0.6 is 0 Å². The molecule has 1 amide bonds. The Bertz CT molecular complexity index is 626. The zero-order chi connectivity index (χ0) is 16.2. The Morgan fingerprint density at radius 3 is 2.48 bits per heavy atom. The number of hydrogen-bond donors (Lipinski definition) is 2. The minimum absolute atomic E-state index is 0.0252. The van der Waals surface area contributed by atoms with Gasteiger partial charge in [-0.15, -0.1) is 0 Å². The number of carbonyl (C=O) groups excluding carboxylic acids is 1. The Morgan fingerprint density at radius 1 is 1.33 bits per heavy atom. The molecule has 0 heterocycles. The van der Waals surface area contributed by atoms with E-state index in [-0.39, 0.29) is 16.8 Å². The highest BCUT2D eigenvalue weighted by atomic mass is 32.2. The van der Waals surface area contributed by atoms with Crippen molar-refractivity contribution in [1.82, 2.24) is 5.32 Å². The smallest absolute Gasteiger partial charge is 0.251 e. The number of primary sulfonamides is 1. The van der Waals surface area contributed by atoms with E-state index >= 15 is 0 Å². The maximum Gasteiger partial charge on any atom is 0.251 e. The molecule has 0 aliphatic heterocycles. The Morgan fingerprint density at radius 2 is 1.95 bits per heavy atom. The quantitative estimate of drug-likeness (QED) is 0.821. The van der Waals surface area contributed by atoms with Crippen LogP contribution in [0.1, 0.15) is 34.8 Å². The summed E-state index contributed by atoms with van der Waals surface area (Å²) < 4.78 is 28.0. The second kappa shape index (κ2) is 7.02. The fourth-order valence-corrected chi connectivity index (χ4v) is 2.84. The van der Waals surface area contributed by atoms with E-state index < -0.39 is 10.0 Å². The van der Waals surface area contributed by atoms with E-state index in [4.69, 9.17) is 9.88 Å². The first-order valence-electron chi connectivity index (χ1n) is 6.60. The van der Waals surface area contributed by atoms with Gasteiger partial charge in [0.2, 0.25) is 10.0 Å². The summed E-state index contributed by atoms with van der Waals surface area (Å²) in [6.07, 6.45) is 0.676. The van der Waals surface area contributed by atoms with Crippen molar-refractivity contribution in [2.75, 3.05) is 13.7 Å². The maximum absolute atomic E-state index is 12.2. The number of rotatable bonds is 6. The van der Waals surface area contributed by atoms with Crippen LogP contribution in [0, 0.1) is 13.8 Å². The first kappa shape index (κ1) is 17.6. The lowest BCUT2D eigenvalue weighted by molar-refractivity contribution is 0.0929. The van der Waals surface area contributed by atoms with Gasteiger partial charge in [-0.3, -0.25) is 4.79 Å². The zero-order valence-electron chi connectivity index (χ0n) is 12.8. The van der Waals surface area contributed by atoms with Crippen molar-refractivity contribution >= 4 is 15.9 Å². The van der Waals surface area contributed by atoms with Crippen LogP contribution in [0.15, 0.2) is 17.0 Å². The number of methoxy groups -OCH3 is 1. The molecular formula is C14H22N2O4S. The van der Waals surface area contributed by atoms with Crippen molar-refractivity contribution in [2.24, 2.45) is 5.14 Å². The lowest BCUT2D eigenvalue weighted by atomic mass is 10.0. The Balaban J connectivity index is 3.05. The summed E-state index contributed by atoms with van der Waals surface area (Å²) in [7, 11) is -2.25. The predicted octanol–water partition coefficient (Wildman–Crippen LogP) is 1.11. The van der Waals surface area contributed by atoms with E-state index in [0.717, 1.165) is 0 Å². The highest BCUT2D eigenvalue weighted by Crippen LogP contribution is 2.19. The number of carbonyl (C=O) groups is 1. The Kier molecular flexibility index (Phi) is 5.88. The fraction of sp³-hybridized carbons (Fsp3) is 0.500. The molecular weight excluding hydrogens is 292 g/mol. The van der Waals surface area contributed by atoms with Crippen LogP contribution in [0.5, 0.6) is 0 Å². The third kappa shape index (κ3) is 4.80. The van der Waals surface area contributed by atoms with E-state index in [9.17, 15) is 13.2 Å². The summed E-state index contributed by atoms with van der Waals surface area (Å²) in [5.41, 5.74) is 1.55. The van der Waals surface area contributed by atoms with Crippen LogP contribution in [0.3, 0.4) is 0 Å². The van der Waals surface area contributed by atoms with E-state index in [2.05, 4.69) is 5.32 Å². The molecule has 0 radical (unpaired) electrons. The van der Waals surface area contributed by atoms with Gasteiger partial charge in [-0.25, -0.2) is 13.6 Å². The second-order valence-electron chi connectivity index (χ2n) is 5.13. The molecule has 3 N–H and O–H groups in total. The summed E-state index contributed by atoms with van der Waals surface area (Å²) in [6.45, 7) is 5.81. The first-order chi connectivity index (χ1) is 9.66. The van der Waals surface area contributed by atoms with Crippen molar-refractivity contribution < 1.29 is 17.9 Å². The standard InChI is InChI=1S/C14H22N2O4S/c1-9-7-10(2)13(21(15,18)19)8-12(9)14(17)16-11(3)5-6-20-4/h7-8,11H,5-6H2,1-4H3,(H,16,17)(H2,15,18,19). The number of ether oxygens (including phenoxy) is 1. The molecule has 0 aliphatic rings. The second-order valence-corrected chi connectivity index (χ2v) is 6.66. The van der Waals surface area contributed by atoms with Crippen molar-refractivity contribution in [3.8, 4) is 0 Å². The summed E-state index contributed by atoms with van der Waals surface area (Å²) >= 11 is 0. The minimum Gasteiger partial charge on any atom is -0.385 e. The van der Waals surface area contributed by atoms with Crippen molar-refractivity contribution in [3.63, 3.8) is 0 Å². The number of nitrogens with two attached hydrogens (primary N) is 1. The van der Waals surface area contributed by atoms with Gasteiger partial charge in [-0.05, 0) is 44.4 Å². The van der Waals surface area contributed by atoms with Gasteiger partial charge in [0.05, 0.1) is 4.90 Å². The van der Waals surface area contributed by atoms with Gasteiger partial charge in [0.25, 0.3) is 5.91 Å². The van der Waals surface area contributed by atoms with Crippen molar-refractivity contribution in [3.05, 3.63) is 28.8 Å². The number of nitrogens with one attached hydrogen (secondary N) is 1. The molecule has 21 heavy (non-hydrogen) atoms. The zero-order valence-corrected chi connectivity index (χ0v) is 13.6. The molecule has 0 bridgehead atoms. The number of amides is 1. The average Bonchev–Trinajstić information content (AvgIpc) is 2.34. The van der Waals surface area contributed by atoms with Gasteiger partial charge < -0.3 is 10.1 Å². The normalized spacial score (nSPS) is 13.0. The molecule has 0 spiro atoms. The van der Waals surface area contributed by atoms with Gasteiger partial charge >= 0.3 is 0 Å². The number of hydrogen-bond acceptors (Lipinski definition) is 4. The fourth-order valence-electron chi connectivity index (χ4n) is 2.05. The van der Waals surface area contributed by atoms with Crippen LogP contribution in [0.25, 0.3) is 0 Å². The van der Waals surface area contributed by atoms with Gasteiger partial charge in [0, 0.05) is 25.3 Å². The highest BCUT2D eigenvalue weighted by molar-refractivity contribution is 7.89. The monoisotopic (exact) mass is 314 g/mol.